The molecule has 17 heavy (non-hydrogen) atoms. The smallest absolute Gasteiger partial charge is 0.164 e. The standard InChI is InChI=1S/C15H17NO/c1-12-3-5-13(6-4-12)7-8-15(17)14-9-10-16(2)11-14/h3-6,9-11H,7-8H2,1-2H3. The van der Waals surface area contributed by atoms with Crippen molar-refractivity contribution in [2.45, 2.75) is 19.8 Å². The minimum absolute atomic E-state index is 0.214. The third-order valence-electron chi connectivity index (χ3n) is 2.92. The number of hydrogen-bond donors (Lipinski definition) is 0. The molecule has 0 saturated carbocycles. The highest BCUT2D eigenvalue weighted by Crippen LogP contribution is 2.09. The van der Waals surface area contributed by atoms with E-state index in [1.807, 2.05) is 30.1 Å². The summed E-state index contributed by atoms with van der Waals surface area (Å²) in [5.41, 5.74) is 3.28. The topological polar surface area (TPSA) is 22.0 Å². The summed E-state index contributed by atoms with van der Waals surface area (Å²) < 4.78 is 1.90. The first kappa shape index (κ1) is 11.6. The van der Waals surface area contributed by atoms with Gasteiger partial charge in [0.1, 0.15) is 0 Å². The van der Waals surface area contributed by atoms with E-state index in [4.69, 9.17) is 0 Å². The van der Waals surface area contributed by atoms with Crippen LogP contribution in [0.25, 0.3) is 0 Å². The van der Waals surface area contributed by atoms with Crippen LogP contribution in [0, 0.1) is 6.92 Å². The molecule has 0 bridgehead atoms. The van der Waals surface area contributed by atoms with E-state index in [1.165, 1.54) is 11.1 Å². The van der Waals surface area contributed by atoms with Crippen LogP contribution in [0.1, 0.15) is 27.9 Å². The molecule has 1 aromatic carbocycles. The monoisotopic (exact) mass is 227 g/mol. The highest BCUT2D eigenvalue weighted by atomic mass is 16.1. The van der Waals surface area contributed by atoms with Crippen LogP contribution in [0.5, 0.6) is 0 Å². The van der Waals surface area contributed by atoms with Crippen LogP contribution in [0.4, 0.5) is 0 Å². The molecule has 0 N–H and O–H groups in total. The average molecular weight is 227 g/mol. The van der Waals surface area contributed by atoms with Gasteiger partial charge in [0, 0.05) is 31.4 Å². The Morgan fingerprint density at radius 1 is 1.18 bits per heavy atom. The van der Waals surface area contributed by atoms with Gasteiger partial charge < -0.3 is 4.57 Å². The summed E-state index contributed by atoms with van der Waals surface area (Å²) in [5, 5.41) is 0. The van der Waals surface area contributed by atoms with Crippen molar-refractivity contribution in [2.75, 3.05) is 0 Å². The van der Waals surface area contributed by atoms with Crippen molar-refractivity contribution in [2.24, 2.45) is 7.05 Å². The average Bonchev–Trinajstić information content (AvgIpc) is 2.75. The molecular formula is C15H17NO. The molecule has 0 aliphatic heterocycles. The second-order valence-corrected chi connectivity index (χ2v) is 4.47. The molecule has 2 aromatic rings. The zero-order valence-corrected chi connectivity index (χ0v) is 10.3. The minimum atomic E-state index is 0.214. The molecule has 1 heterocycles. The lowest BCUT2D eigenvalue weighted by Crippen LogP contribution is -2.00. The zero-order chi connectivity index (χ0) is 12.3. The molecule has 1 aromatic heterocycles. The molecule has 2 rings (SSSR count). The number of rotatable bonds is 4. The normalized spacial score (nSPS) is 10.5. The molecule has 0 unspecified atom stereocenters. The summed E-state index contributed by atoms with van der Waals surface area (Å²) >= 11 is 0. The van der Waals surface area contributed by atoms with Gasteiger partial charge in [-0.25, -0.2) is 0 Å². The number of nitrogens with zero attached hydrogens (tertiary/aromatic N) is 1. The summed E-state index contributed by atoms with van der Waals surface area (Å²) in [7, 11) is 1.93. The highest BCUT2D eigenvalue weighted by Gasteiger charge is 2.06. The van der Waals surface area contributed by atoms with Crippen LogP contribution < -0.4 is 0 Å². The Morgan fingerprint density at radius 2 is 1.88 bits per heavy atom. The Morgan fingerprint density at radius 3 is 2.47 bits per heavy atom. The maximum absolute atomic E-state index is 11.9. The highest BCUT2D eigenvalue weighted by molar-refractivity contribution is 5.96. The quantitative estimate of drug-likeness (QED) is 0.735. The van der Waals surface area contributed by atoms with Gasteiger partial charge in [0.05, 0.1) is 0 Å². The van der Waals surface area contributed by atoms with Crippen LogP contribution in [0.2, 0.25) is 0 Å². The first-order valence-corrected chi connectivity index (χ1v) is 5.86. The second kappa shape index (κ2) is 5.00. The summed E-state index contributed by atoms with van der Waals surface area (Å²) in [5.74, 6) is 0.214. The predicted molar refractivity (Wildman–Crippen MR) is 69.2 cm³/mol. The summed E-state index contributed by atoms with van der Waals surface area (Å²) in [4.78, 5) is 11.9. The molecule has 0 atom stereocenters. The number of Topliss-reactive ketones (excluding diaryl/α,β-unsaturated/α-hetero) is 1. The fourth-order valence-corrected chi connectivity index (χ4v) is 1.83. The van der Waals surface area contributed by atoms with E-state index in [2.05, 4.69) is 31.2 Å². The van der Waals surface area contributed by atoms with Crippen molar-refractivity contribution in [3.63, 3.8) is 0 Å². The SMILES string of the molecule is Cc1ccc(CCC(=O)c2ccn(C)c2)cc1. The Balaban J connectivity index is 1.94. The number of benzene rings is 1. The van der Waals surface area contributed by atoms with Crippen LogP contribution in [0.15, 0.2) is 42.7 Å². The van der Waals surface area contributed by atoms with Gasteiger partial charge in [-0.15, -0.1) is 0 Å². The molecule has 0 aliphatic rings. The third kappa shape index (κ3) is 3.06. The maximum Gasteiger partial charge on any atom is 0.164 e. The van der Waals surface area contributed by atoms with Gasteiger partial charge in [0.25, 0.3) is 0 Å². The van der Waals surface area contributed by atoms with Crippen molar-refractivity contribution in [1.29, 1.82) is 0 Å². The van der Waals surface area contributed by atoms with Crippen LogP contribution in [-0.4, -0.2) is 10.4 Å². The molecule has 0 spiro atoms. The van der Waals surface area contributed by atoms with Crippen molar-refractivity contribution in [3.05, 3.63) is 59.4 Å². The molecule has 2 heteroatoms. The number of aryl methyl sites for hydroxylation is 3. The van der Waals surface area contributed by atoms with Crippen LogP contribution in [0.3, 0.4) is 0 Å². The second-order valence-electron chi connectivity index (χ2n) is 4.47. The molecule has 0 amide bonds. The first-order chi connectivity index (χ1) is 8.15. The molecule has 88 valence electrons. The Hall–Kier alpha value is -1.83. The molecular weight excluding hydrogens is 210 g/mol. The number of hydrogen-bond acceptors (Lipinski definition) is 1. The molecule has 0 saturated heterocycles. The van der Waals surface area contributed by atoms with Crippen LogP contribution in [-0.2, 0) is 13.5 Å². The summed E-state index contributed by atoms with van der Waals surface area (Å²) in [6.07, 6.45) is 5.16. The van der Waals surface area contributed by atoms with E-state index in [9.17, 15) is 4.79 Å². The minimum Gasteiger partial charge on any atom is -0.357 e. The Kier molecular flexibility index (Phi) is 3.43. The van der Waals surface area contributed by atoms with Gasteiger partial charge >= 0.3 is 0 Å². The van der Waals surface area contributed by atoms with Crippen molar-refractivity contribution in [1.82, 2.24) is 4.57 Å². The molecule has 0 radical (unpaired) electrons. The van der Waals surface area contributed by atoms with Gasteiger partial charge in [-0.05, 0) is 25.0 Å². The lowest BCUT2D eigenvalue weighted by atomic mass is 10.0. The number of carbonyl (C=O) groups is 1. The number of ketones is 1. The van der Waals surface area contributed by atoms with Gasteiger partial charge in [-0.3, -0.25) is 4.79 Å². The first-order valence-electron chi connectivity index (χ1n) is 5.86. The van der Waals surface area contributed by atoms with E-state index in [-0.39, 0.29) is 5.78 Å². The van der Waals surface area contributed by atoms with Crippen LogP contribution >= 0.6 is 0 Å². The number of aromatic nitrogens is 1. The fourth-order valence-electron chi connectivity index (χ4n) is 1.83. The van der Waals surface area contributed by atoms with E-state index < -0.39 is 0 Å². The van der Waals surface area contributed by atoms with E-state index in [0.717, 1.165) is 12.0 Å². The lowest BCUT2D eigenvalue weighted by Gasteiger charge is -2.01. The predicted octanol–water partition coefficient (Wildman–Crippen LogP) is 3.15. The van der Waals surface area contributed by atoms with Gasteiger partial charge in [0.2, 0.25) is 0 Å². The van der Waals surface area contributed by atoms with Gasteiger partial charge in [0.15, 0.2) is 5.78 Å². The maximum atomic E-state index is 11.9. The summed E-state index contributed by atoms with van der Waals surface area (Å²) in [6, 6.07) is 10.2. The number of carbonyl (C=O) groups excluding carboxylic acids is 1. The molecule has 0 fully saturated rings. The Labute approximate surface area is 102 Å². The Bertz CT molecular complexity index is 508. The largest absolute Gasteiger partial charge is 0.357 e. The van der Waals surface area contributed by atoms with E-state index >= 15 is 0 Å². The van der Waals surface area contributed by atoms with Gasteiger partial charge in [-0.2, -0.15) is 0 Å². The van der Waals surface area contributed by atoms with E-state index in [0.29, 0.717) is 6.42 Å². The third-order valence-corrected chi connectivity index (χ3v) is 2.92. The van der Waals surface area contributed by atoms with Crippen molar-refractivity contribution >= 4 is 5.78 Å². The van der Waals surface area contributed by atoms with Gasteiger partial charge in [-0.1, -0.05) is 29.8 Å². The lowest BCUT2D eigenvalue weighted by molar-refractivity contribution is 0.0983. The van der Waals surface area contributed by atoms with Crippen molar-refractivity contribution < 1.29 is 4.79 Å². The van der Waals surface area contributed by atoms with Crippen molar-refractivity contribution in [3.8, 4) is 0 Å². The molecule has 2 nitrogen and oxygen atoms in total. The molecule has 0 aliphatic carbocycles. The zero-order valence-electron chi connectivity index (χ0n) is 10.3. The fraction of sp³-hybridized carbons (Fsp3) is 0.267. The summed E-state index contributed by atoms with van der Waals surface area (Å²) in [6.45, 7) is 2.07. The van der Waals surface area contributed by atoms with E-state index in [1.54, 1.807) is 0 Å².